The Kier molecular flexibility index (Phi) is 6.04. The first kappa shape index (κ1) is 18.6. The third-order valence-corrected chi connectivity index (χ3v) is 5.82. The van der Waals surface area contributed by atoms with Crippen LogP contribution in [0.5, 0.6) is 0 Å². The molecule has 8 nitrogen and oxygen atoms in total. The number of rotatable bonds is 7. The third kappa shape index (κ3) is 4.70. The van der Waals surface area contributed by atoms with Gasteiger partial charge >= 0.3 is 0 Å². The number of sulfonamides is 1. The van der Waals surface area contributed by atoms with Gasteiger partial charge in [0.2, 0.25) is 15.9 Å². The highest BCUT2D eigenvalue weighted by molar-refractivity contribution is 7.89. The number of anilines is 1. The van der Waals surface area contributed by atoms with Gasteiger partial charge in [-0.05, 0) is 36.4 Å². The Bertz CT molecular complexity index is 813. The second-order valence-electron chi connectivity index (χ2n) is 5.77. The number of nitrogens with one attached hydrogen (secondary N) is 2. The van der Waals surface area contributed by atoms with Crippen LogP contribution in [0.15, 0.2) is 52.0 Å². The minimum atomic E-state index is -3.53. The molecular formula is C17H21N3O5S. The second-order valence-corrected chi connectivity index (χ2v) is 7.71. The molecule has 1 amide bonds. The molecule has 2 heterocycles. The average molecular weight is 379 g/mol. The SMILES string of the molecule is O=C(CNCc1ccco1)Nc1ccc(S(=O)(=O)N2CCOCC2)cc1. The number of hydrogen-bond donors (Lipinski definition) is 2. The quantitative estimate of drug-likeness (QED) is 0.745. The van der Waals surface area contributed by atoms with Crippen molar-refractivity contribution in [2.75, 3.05) is 38.2 Å². The summed E-state index contributed by atoms with van der Waals surface area (Å²) in [6.07, 6.45) is 1.57. The number of amides is 1. The van der Waals surface area contributed by atoms with Gasteiger partial charge in [-0.25, -0.2) is 8.42 Å². The molecule has 1 aliphatic heterocycles. The second kappa shape index (κ2) is 8.45. The summed E-state index contributed by atoms with van der Waals surface area (Å²) in [6, 6.07) is 9.75. The predicted octanol–water partition coefficient (Wildman–Crippen LogP) is 1.03. The third-order valence-electron chi connectivity index (χ3n) is 3.91. The molecule has 0 atom stereocenters. The van der Waals surface area contributed by atoms with Crippen LogP contribution in [0.1, 0.15) is 5.76 Å². The molecule has 0 saturated carbocycles. The molecule has 0 spiro atoms. The van der Waals surface area contributed by atoms with Crippen LogP contribution in [0, 0.1) is 0 Å². The van der Waals surface area contributed by atoms with Crippen molar-refractivity contribution < 1.29 is 22.4 Å². The molecule has 0 unspecified atom stereocenters. The molecule has 9 heteroatoms. The fourth-order valence-electron chi connectivity index (χ4n) is 2.56. The monoisotopic (exact) mass is 379 g/mol. The fourth-order valence-corrected chi connectivity index (χ4v) is 3.97. The van der Waals surface area contributed by atoms with Crippen LogP contribution < -0.4 is 10.6 Å². The molecule has 26 heavy (non-hydrogen) atoms. The van der Waals surface area contributed by atoms with Crippen LogP contribution in [0.4, 0.5) is 5.69 Å². The molecule has 1 aromatic heterocycles. The van der Waals surface area contributed by atoms with Gasteiger partial charge in [-0.1, -0.05) is 0 Å². The van der Waals surface area contributed by atoms with Crippen molar-refractivity contribution >= 4 is 21.6 Å². The molecule has 1 saturated heterocycles. The highest BCUT2D eigenvalue weighted by atomic mass is 32.2. The molecule has 1 fully saturated rings. The van der Waals surface area contributed by atoms with Crippen molar-refractivity contribution in [3.05, 3.63) is 48.4 Å². The summed E-state index contributed by atoms with van der Waals surface area (Å²) in [5.74, 6) is 0.524. The van der Waals surface area contributed by atoms with Crippen LogP contribution in [-0.2, 0) is 26.1 Å². The molecular weight excluding hydrogens is 358 g/mol. The van der Waals surface area contributed by atoms with Crippen molar-refractivity contribution in [2.45, 2.75) is 11.4 Å². The first-order valence-electron chi connectivity index (χ1n) is 8.26. The zero-order valence-corrected chi connectivity index (χ0v) is 15.0. The van der Waals surface area contributed by atoms with E-state index in [1.165, 1.54) is 16.4 Å². The summed E-state index contributed by atoms with van der Waals surface area (Å²) >= 11 is 0. The topological polar surface area (TPSA) is 101 Å². The van der Waals surface area contributed by atoms with Crippen LogP contribution in [0.3, 0.4) is 0 Å². The van der Waals surface area contributed by atoms with Gasteiger partial charge < -0.3 is 19.8 Å². The van der Waals surface area contributed by atoms with Crippen LogP contribution in [-0.4, -0.2) is 51.5 Å². The van der Waals surface area contributed by atoms with E-state index in [2.05, 4.69) is 10.6 Å². The standard InChI is InChI=1S/C17H21N3O5S/c21-17(13-18-12-15-2-1-9-25-15)19-14-3-5-16(6-4-14)26(22,23)20-7-10-24-11-8-20/h1-6,9,18H,7-8,10-13H2,(H,19,21). The van der Waals surface area contributed by atoms with Gasteiger partial charge in [0.25, 0.3) is 0 Å². The lowest BCUT2D eigenvalue weighted by atomic mass is 10.3. The summed E-state index contributed by atoms with van der Waals surface area (Å²) in [6.45, 7) is 2.08. The summed E-state index contributed by atoms with van der Waals surface area (Å²) < 4.78 is 36.8. The first-order chi connectivity index (χ1) is 12.6. The Morgan fingerprint density at radius 2 is 1.85 bits per heavy atom. The summed E-state index contributed by atoms with van der Waals surface area (Å²) in [7, 11) is -3.53. The van der Waals surface area contributed by atoms with E-state index in [1.807, 2.05) is 6.07 Å². The zero-order chi connectivity index (χ0) is 18.4. The maximum atomic E-state index is 12.5. The van der Waals surface area contributed by atoms with Crippen molar-refractivity contribution in [1.82, 2.24) is 9.62 Å². The van der Waals surface area contributed by atoms with E-state index in [4.69, 9.17) is 9.15 Å². The lowest BCUT2D eigenvalue weighted by molar-refractivity contribution is -0.115. The van der Waals surface area contributed by atoms with E-state index in [0.717, 1.165) is 5.76 Å². The largest absolute Gasteiger partial charge is 0.468 e. The Morgan fingerprint density at radius 1 is 1.12 bits per heavy atom. The molecule has 3 rings (SSSR count). The maximum absolute atomic E-state index is 12.5. The van der Waals surface area contributed by atoms with E-state index in [0.29, 0.717) is 38.5 Å². The number of carbonyl (C=O) groups excluding carboxylic acids is 1. The number of hydrogen-bond acceptors (Lipinski definition) is 6. The van der Waals surface area contributed by atoms with Gasteiger partial charge in [0.15, 0.2) is 0 Å². The van der Waals surface area contributed by atoms with E-state index >= 15 is 0 Å². The number of carbonyl (C=O) groups is 1. The molecule has 1 aliphatic rings. The average Bonchev–Trinajstić information content (AvgIpc) is 3.16. The van der Waals surface area contributed by atoms with Gasteiger partial charge in [0, 0.05) is 18.8 Å². The number of ether oxygens (including phenoxy) is 1. The Labute approximate surface area is 152 Å². The highest BCUT2D eigenvalue weighted by Gasteiger charge is 2.26. The van der Waals surface area contributed by atoms with Gasteiger partial charge in [-0.3, -0.25) is 4.79 Å². The molecule has 0 aliphatic carbocycles. The number of furan rings is 1. The highest BCUT2D eigenvalue weighted by Crippen LogP contribution is 2.19. The minimum absolute atomic E-state index is 0.120. The summed E-state index contributed by atoms with van der Waals surface area (Å²) in [5.41, 5.74) is 0.538. The number of benzene rings is 1. The first-order valence-corrected chi connectivity index (χ1v) is 9.70. The normalized spacial score (nSPS) is 15.7. The molecule has 0 bridgehead atoms. The predicted molar refractivity (Wildman–Crippen MR) is 95.1 cm³/mol. The maximum Gasteiger partial charge on any atom is 0.243 e. The van der Waals surface area contributed by atoms with Gasteiger partial charge in [-0.15, -0.1) is 0 Å². The Hall–Kier alpha value is -2.20. The minimum Gasteiger partial charge on any atom is -0.468 e. The Morgan fingerprint density at radius 3 is 2.50 bits per heavy atom. The van der Waals surface area contributed by atoms with Gasteiger partial charge in [0.1, 0.15) is 5.76 Å². The lowest BCUT2D eigenvalue weighted by Gasteiger charge is -2.26. The number of nitrogens with zero attached hydrogens (tertiary/aromatic N) is 1. The van der Waals surface area contributed by atoms with Crippen LogP contribution in [0.2, 0.25) is 0 Å². The molecule has 2 aromatic rings. The molecule has 1 aromatic carbocycles. The lowest BCUT2D eigenvalue weighted by Crippen LogP contribution is -2.40. The van der Waals surface area contributed by atoms with Crippen molar-refractivity contribution in [1.29, 1.82) is 0 Å². The van der Waals surface area contributed by atoms with E-state index in [9.17, 15) is 13.2 Å². The molecule has 2 N–H and O–H groups in total. The van der Waals surface area contributed by atoms with Crippen molar-refractivity contribution in [3.63, 3.8) is 0 Å². The molecule has 0 radical (unpaired) electrons. The smallest absolute Gasteiger partial charge is 0.243 e. The van der Waals surface area contributed by atoms with Gasteiger partial charge in [0.05, 0.1) is 37.5 Å². The Balaban J connectivity index is 1.52. The van der Waals surface area contributed by atoms with Crippen molar-refractivity contribution in [3.8, 4) is 0 Å². The van der Waals surface area contributed by atoms with Crippen LogP contribution in [0.25, 0.3) is 0 Å². The van der Waals surface area contributed by atoms with E-state index in [-0.39, 0.29) is 17.3 Å². The number of morpholine rings is 1. The van der Waals surface area contributed by atoms with E-state index < -0.39 is 10.0 Å². The zero-order valence-electron chi connectivity index (χ0n) is 14.2. The van der Waals surface area contributed by atoms with Gasteiger partial charge in [-0.2, -0.15) is 4.31 Å². The van der Waals surface area contributed by atoms with Crippen LogP contribution >= 0.6 is 0 Å². The summed E-state index contributed by atoms with van der Waals surface area (Å²) in [4.78, 5) is 12.1. The van der Waals surface area contributed by atoms with Crippen molar-refractivity contribution in [2.24, 2.45) is 0 Å². The fraction of sp³-hybridized carbons (Fsp3) is 0.353. The summed E-state index contributed by atoms with van der Waals surface area (Å²) in [5, 5.41) is 5.69. The van der Waals surface area contributed by atoms with E-state index in [1.54, 1.807) is 24.5 Å². The molecule has 140 valence electrons.